The van der Waals surface area contributed by atoms with Gasteiger partial charge in [0, 0.05) is 4.47 Å². The number of nitrogens with zero attached hydrogens (tertiary/aromatic N) is 3. The van der Waals surface area contributed by atoms with E-state index in [4.69, 9.17) is 4.55 Å². The number of hydrogen-bond acceptors (Lipinski definition) is 5. The van der Waals surface area contributed by atoms with Crippen molar-refractivity contribution in [1.82, 2.24) is 14.8 Å². The zero-order valence-electron chi connectivity index (χ0n) is 12.1. The topological polar surface area (TPSA) is 85.1 Å². The smallest absolute Gasteiger partial charge is 0.274 e. The molecule has 0 radical (unpaired) electrons. The van der Waals surface area contributed by atoms with Crippen LogP contribution in [0, 0.1) is 0 Å². The molecule has 0 saturated carbocycles. The van der Waals surface area contributed by atoms with Crippen molar-refractivity contribution in [3.8, 4) is 0 Å². The van der Waals surface area contributed by atoms with Crippen molar-refractivity contribution in [1.29, 1.82) is 0 Å². The molecular formula is C14H11Br2N3O3S2. The van der Waals surface area contributed by atoms with Crippen molar-refractivity contribution in [2.75, 3.05) is 5.08 Å². The lowest BCUT2D eigenvalue weighted by Gasteiger charge is -2.11. The molecule has 10 heteroatoms. The SMILES string of the molecule is O=S(=O)(O)CSc1nnc(Br)n1Cc1ccc(Br)c2ccccc12. The molecular weight excluding hydrogens is 482 g/mol. The molecule has 0 aliphatic heterocycles. The van der Waals surface area contributed by atoms with Gasteiger partial charge in [-0.2, -0.15) is 8.42 Å². The van der Waals surface area contributed by atoms with Crippen LogP contribution in [0.1, 0.15) is 5.56 Å². The van der Waals surface area contributed by atoms with Crippen LogP contribution in [0.3, 0.4) is 0 Å². The molecule has 1 N–H and O–H groups in total. The molecule has 2 aromatic carbocycles. The summed E-state index contributed by atoms with van der Waals surface area (Å²) < 4.78 is 34.1. The first-order valence-corrected chi connectivity index (χ1v) is 10.9. The quantitative estimate of drug-likeness (QED) is 0.428. The van der Waals surface area contributed by atoms with E-state index >= 15 is 0 Å². The molecule has 0 bridgehead atoms. The van der Waals surface area contributed by atoms with Crippen LogP contribution in [0.5, 0.6) is 0 Å². The van der Waals surface area contributed by atoms with Crippen LogP contribution in [0.15, 0.2) is 50.8 Å². The number of halogens is 2. The van der Waals surface area contributed by atoms with Crippen molar-refractivity contribution < 1.29 is 13.0 Å². The van der Waals surface area contributed by atoms with Gasteiger partial charge in [0.25, 0.3) is 10.1 Å². The number of fused-ring (bicyclic) bond motifs is 1. The number of aromatic nitrogens is 3. The van der Waals surface area contributed by atoms with Crippen LogP contribution < -0.4 is 0 Å². The summed E-state index contributed by atoms with van der Waals surface area (Å²) in [4.78, 5) is 0. The van der Waals surface area contributed by atoms with Crippen LogP contribution in [-0.4, -0.2) is 32.8 Å². The molecule has 0 fully saturated rings. The summed E-state index contributed by atoms with van der Waals surface area (Å²) in [5.41, 5.74) is 1.04. The highest BCUT2D eigenvalue weighted by Crippen LogP contribution is 2.29. The number of benzene rings is 2. The molecule has 0 aliphatic rings. The van der Waals surface area contributed by atoms with Crippen molar-refractivity contribution in [2.24, 2.45) is 0 Å². The summed E-state index contributed by atoms with van der Waals surface area (Å²) >= 11 is 7.79. The van der Waals surface area contributed by atoms with Gasteiger partial charge in [-0.05, 0) is 38.3 Å². The van der Waals surface area contributed by atoms with Crippen LogP contribution in [0.2, 0.25) is 0 Å². The van der Waals surface area contributed by atoms with E-state index in [-0.39, 0.29) is 0 Å². The van der Waals surface area contributed by atoms with Gasteiger partial charge in [-0.3, -0.25) is 9.12 Å². The van der Waals surface area contributed by atoms with Crippen molar-refractivity contribution in [2.45, 2.75) is 11.7 Å². The van der Waals surface area contributed by atoms with Gasteiger partial charge in [-0.1, -0.05) is 58.0 Å². The number of thioether (sulfide) groups is 1. The van der Waals surface area contributed by atoms with Crippen molar-refractivity contribution >= 4 is 64.5 Å². The molecule has 3 rings (SSSR count). The molecule has 126 valence electrons. The summed E-state index contributed by atoms with van der Waals surface area (Å²) in [6.45, 7) is 0.467. The molecule has 0 unspecified atom stereocenters. The zero-order chi connectivity index (χ0) is 17.3. The van der Waals surface area contributed by atoms with Crippen LogP contribution >= 0.6 is 43.6 Å². The maximum Gasteiger partial charge on any atom is 0.274 e. The third-order valence-corrected chi connectivity index (χ3v) is 6.80. The minimum absolute atomic E-state index is 0.409. The molecule has 0 aliphatic carbocycles. The number of hydrogen-bond donors (Lipinski definition) is 1. The maximum atomic E-state index is 11.0. The first-order chi connectivity index (χ1) is 11.3. The second-order valence-corrected chi connectivity index (χ2v) is 9.26. The Morgan fingerprint density at radius 3 is 2.50 bits per heavy atom. The molecule has 6 nitrogen and oxygen atoms in total. The van der Waals surface area contributed by atoms with E-state index in [0.717, 1.165) is 32.6 Å². The predicted molar refractivity (Wildman–Crippen MR) is 101 cm³/mol. The minimum Gasteiger partial charge on any atom is -0.292 e. The molecule has 0 atom stereocenters. The Hall–Kier alpha value is -0.940. The fraction of sp³-hybridized carbons (Fsp3) is 0.143. The van der Waals surface area contributed by atoms with Gasteiger partial charge in [0.15, 0.2) is 5.16 Å². The van der Waals surface area contributed by atoms with Gasteiger partial charge in [-0.25, -0.2) is 0 Å². The van der Waals surface area contributed by atoms with E-state index in [1.54, 1.807) is 4.57 Å². The van der Waals surface area contributed by atoms with Crippen molar-refractivity contribution in [3.05, 3.63) is 51.2 Å². The van der Waals surface area contributed by atoms with E-state index in [2.05, 4.69) is 42.1 Å². The Morgan fingerprint density at radius 1 is 1.08 bits per heavy atom. The number of rotatable bonds is 5. The van der Waals surface area contributed by atoms with Gasteiger partial charge < -0.3 is 0 Å². The van der Waals surface area contributed by atoms with Gasteiger partial charge in [-0.15, -0.1) is 10.2 Å². The summed E-state index contributed by atoms with van der Waals surface area (Å²) in [7, 11) is -4.08. The van der Waals surface area contributed by atoms with Gasteiger partial charge in [0.05, 0.1) is 6.54 Å². The molecule has 24 heavy (non-hydrogen) atoms. The molecule has 3 aromatic rings. The Bertz CT molecular complexity index is 1010. The first-order valence-electron chi connectivity index (χ1n) is 6.68. The predicted octanol–water partition coefficient (Wildman–Crippen LogP) is 3.94. The fourth-order valence-electron chi connectivity index (χ4n) is 2.27. The molecule has 1 aromatic heterocycles. The summed E-state index contributed by atoms with van der Waals surface area (Å²) in [5.74, 6) is 0. The molecule has 0 saturated heterocycles. The maximum absolute atomic E-state index is 11.0. The second kappa shape index (κ2) is 7.12. The lowest BCUT2D eigenvalue weighted by molar-refractivity contribution is 0.489. The summed E-state index contributed by atoms with van der Waals surface area (Å²) in [6, 6.07) is 12.0. The first kappa shape index (κ1) is 17.9. The van der Waals surface area contributed by atoms with E-state index in [1.807, 2.05) is 36.4 Å². The average Bonchev–Trinajstić information content (AvgIpc) is 2.88. The fourth-order valence-corrected chi connectivity index (χ4v) is 4.66. The van der Waals surface area contributed by atoms with Crippen LogP contribution in [0.25, 0.3) is 10.8 Å². The van der Waals surface area contributed by atoms with Crippen molar-refractivity contribution in [3.63, 3.8) is 0 Å². The Morgan fingerprint density at radius 2 is 1.79 bits per heavy atom. The minimum atomic E-state index is -4.08. The van der Waals surface area contributed by atoms with Crippen LogP contribution in [-0.2, 0) is 16.7 Å². The summed E-state index contributed by atoms with van der Waals surface area (Å²) in [6.07, 6.45) is 0. The highest BCUT2D eigenvalue weighted by molar-refractivity contribution is 9.10. The third-order valence-electron chi connectivity index (χ3n) is 3.30. The lowest BCUT2D eigenvalue weighted by Crippen LogP contribution is -2.05. The zero-order valence-corrected chi connectivity index (χ0v) is 16.9. The highest BCUT2D eigenvalue weighted by atomic mass is 79.9. The Balaban J connectivity index is 1.98. The third kappa shape index (κ3) is 3.99. The van der Waals surface area contributed by atoms with E-state index < -0.39 is 15.2 Å². The lowest BCUT2D eigenvalue weighted by atomic mass is 10.0. The van der Waals surface area contributed by atoms with E-state index in [1.165, 1.54) is 0 Å². The molecule has 1 heterocycles. The monoisotopic (exact) mass is 491 g/mol. The largest absolute Gasteiger partial charge is 0.292 e. The van der Waals surface area contributed by atoms with Gasteiger partial charge in [0.1, 0.15) is 5.08 Å². The summed E-state index contributed by atoms with van der Waals surface area (Å²) in [5, 5.41) is 10.00. The molecule has 0 amide bonds. The van der Waals surface area contributed by atoms with Crippen LogP contribution in [0.4, 0.5) is 0 Å². The van der Waals surface area contributed by atoms with E-state index in [0.29, 0.717) is 16.4 Å². The average molecular weight is 493 g/mol. The van der Waals surface area contributed by atoms with E-state index in [9.17, 15) is 8.42 Å². The van der Waals surface area contributed by atoms with Gasteiger partial charge in [0.2, 0.25) is 4.73 Å². The Labute approximate surface area is 159 Å². The standard InChI is InChI=1S/C14H11Br2N3O3S2/c15-12-6-5-9(10-3-1-2-4-11(10)12)7-19-13(16)17-18-14(19)23-8-24(20,21)22/h1-6H,7-8H2,(H,20,21,22). The normalized spacial score (nSPS) is 12.0. The van der Waals surface area contributed by atoms with Gasteiger partial charge >= 0.3 is 0 Å². The Kier molecular flexibility index (Phi) is 5.30. The second-order valence-electron chi connectivity index (χ2n) is 4.93. The molecule has 0 spiro atoms. The highest BCUT2D eigenvalue weighted by Gasteiger charge is 2.15.